The van der Waals surface area contributed by atoms with Gasteiger partial charge in [-0.3, -0.25) is 0 Å². The molecule has 0 radical (unpaired) electrons. The standard InChI is InChI=1S/C8H16O2/c1-8(10)6-4-2-3-5-7-9/h4,6,8-10H,2-3,5,7H2,1H3/b6-4+/t8-/m1/s1. The summed E-state index contributed by atoms with van der Waals surface area (Å²) in [4.78, 5) is 0. The van der Waals surface area contributed by atoms with Gasteiger partial charge in [0, 0.05) is 6.61 Å². The topological polar surface area (TPSA) is 40.5 Å². The number of allylic oxidation sites excluding steroid dienone is 1. The van der Waals surface area contributed by atoms with Crippen LogP contribution in [0, 0.1) is 0 Å². The third-order valence-corrected chi connectivity index (χ3v) is 1.19. The minimum Gasteiger partial charge on any atom is -0.396 e. The number of unbranched alkanes of at least 4 members (excludes halogenated alkanes) is 2. The van der Waals surface area contributed by atoms with Gasteiger partial charge in [0.1, 0.15) is 0 Å². The molecule has 0 unspecified atom stereocenters. The molecule has 0 fully saturated rings. The summed E-state index contributed by atoms with van der Waals surface area (Å²) in [6, 6.07) is 0. The van der Waals surface area contributed by atoms with Crippen molar-refractivity contribution in [2.24, 2.45) is 0 Å². The second-order valence-corrected chi connectivity index (χ2v) is 2.39. The highest BCUT2D eigenvalue weighted by molar-refractivity contribution is 4.85. The lowest BCUT2D eigenvalue weighted by Gasteiger charge is -1.93. The van der Waals surface area contributed by atoms with Gasteiger partial charge < -0.3 is 10.2 Å². The Bertz CT molecular complexity index is 87.3. The third kappa shape index (κ3) is 7.66. The molecule has 2 nitrogen and oxygen atoms in total. The number of aliphatic hydroxyl groups is 2. The summed E-state index contributed by atoms with van der Waals surface area (Å²) in [6.45, 7) is 1.99. The Kier molecular flexibility index (Phi) is 6.55. The van der Waals surface area contributed by atoms with Crippen molar-refractivity contribution < 1.29 is 10.2 Å². The van der Waals surface area contributed by atoms with E-state index in [1.165, 1.54) is 0 Å². The molecule has 0 aromatic carbocycles. The summed E-state index contributed by atoms with van der Waals surface area (Å²) >= 11 is 0. The van der Waals surface area contributed by atoms with Crippen molar-refractivity contribution in [1.29, 1.82) is 0 Å². The van der Waals surface area contributed by atoms with Crippen molar-refractivity contribution in [3.8, 4) is 0 Å². The van der Waals surface area contributed by atoms with E-state index >= 15 is 0 Å². The zero-order valence-electron chi connectivity index (χ0n) is 6.45. The lowest BCUT2D eigenvalue weighted by atomic mass is 10.2. The fourth-order valence-electron chi connectivity index (χ4n) is 0.667. The number of hydrogen-bond acceptors (Lipinski definition) is 2. The van der Waals surface area contributed by atoms with Crippen molar-refractivity contribution in [2.75, 3.05) is 6.61 Å². The van der Waals surface area contributed by atoms with E-state index in [0.29, 0.717) is 0 Å². The number of hydrogen-bond donors (Lipinski definition) is 2. The van der Waals surface area contributed by atoms with Gasteiger partial charge in [-0.15, -0.1) is 0 Å². The Balaban J connectivity index is 3.02. The van der Waals surface area contributed by atoms with Crippen LogP contribution in [-0.4, -0.2) is 22.9 Å². The van der Waals surface area contributed by atoms with Crippen LogP contribution in [-0.2, 0) is 0 Å². The molecule has 0 aromatic rings. The first-order chi connectivity index (χ1) is 4.77. The van der Waals surface area contributed by atoms with Gasteiger partial charge in [-0.25, -0.2) is 0 Å². The lowest BCUT2D eigenvalue weighted by Crippen LogP contribution is -1.91. The minimum atomic E-state index is -0.339. The summed E-state index contributed by atoms with van der Waals surface area (Å²) in [7, 11) is 0. The van der Waals surface area contributed by atoms with Crippen molar-refractivity contribution in [2.45, 2.75) is 32.3 Å². The first kappa shape index (κ1) is 9.66. The van der Waals surface area contributed by atoms with Crippen molar-refractivity contribution >= 4 is 0 Å². The maximum absolute atomic E-state index is 8.77. The molecule has 0 heterocycles. The zero-order valence-corrected chi connectivity index (χ0v) is 6.45. The first-order valence-corrected chi connectivity index (χ1v) is 3.73. The zero-order chi connectivity index (χ0) is 7.82. The molecule has 0 aromatic heterocycles. The molecule has 0 saturated carbocycles. The molecule has 0 aliphatic heterocycles. The third-order valence-electron chi connectivity index (χ3n) is 1.19. The summed E-state index contributed by atoms with van der Waals surface area (Å²) in [5.41, 5.74) is 0. The van der Waals surface area contributed by atoms with Gasteiger partial charge in [-0.2, -0.15) is 0 Å². The molecule has 0 bridgehead atoms. The van der Waals surface area contributed by atoms with E-state index in [0.717, 1.165) is 19.3 Å². The molecular weight excluding hydrogens is 128 g/mol. The van der Waals surface area contributed by atoms with E-state index in [2.05, 4.69) is 0 Å². The summed E-state index contributed by atoms with van der Waals surface area (Å²) < 4.78 is 0. The van der Waals surface area contributed by atoms with E-state index in [1.54, 1.807) is 13.0 Å². The van der Waals surface area contributed by atoms with Crippen LogP contribution in [0.5, 0.6) is 0 Å². The summed E-state index contributed by atoms with van der Waals surface area (Å²) in [5, 5.41) is 17.2. The molecule has 0 rings (SSSR count). The van der Waals surface area contributed by atoms with Crippen molar-refractivity contribution in [1.82, 2.24) is 0 Å². The van der Waals surface area contributed by atoms with Gasteiger partial charge in [-0.05, 0) is 26.2 Å². The molecule has 2 heteroatoms. The van der Waals surface area contributed by atoms with Crippen LogP contribution in [0.15, 0.2) is 12.2 Å². The molecule has 1 atom stereocenters. The van der Waals surface area contributed by atoms with Crippen LogP contribution in [0.1, 0.15) is 26.2 Å². The molecule has 0 aliphatic rings. The Morgan fingerprint density at radius 1 is 1.40 bits per heavy atom. The Morgan fingerprint density at radius 2 is 2.10 bits per heavy atom. The fourth-order valence-corrected chi connectivity index (χ4v) is 0.667. The highest BCUT2D eigenvalue weighted by Gasteiger charge is 1.85. The molecule has 60 valence electrons. The van der Waals surface area contributed by atoms with E-state index < -0.39 is 0 Å². The van der Waals surface area contributed by atoms with Crippen LogP contribution in [0.4, 0.5) is 0 Å². The van der Waals surface area contributed by atoms with Gasteiger partial charge in [0.05, 0.1) is 6.10 Å². The maximum Gasteiger partial charge on any atom is 0.0692 e. The molecular formula is C8H16O2. The van der Waals surface area contributed by atoms with Gasteiger partial charge in [-0.1, -0.05) is 12.2 Å². The van der Waals surface area contributed by atoms with E-state index in [4.69, 9.17) is 10.2 Å². The Labute approximate surface area is 62.2 Å². The van der Waals surface area contributed by atoms with E-state index in [9.17, 15) is 0 Å². The lowest BCUT2D eigenvalue weighted by molar-refractivity contribution is 0.243. The minimum absolute atomic E-state index is 0.266. The SMILES string of the molecule is C[C@@H](O)/C=C/CCCCO. The van der Waals surface area contributed by atoms with E-state index in [1.807, 2.05) is 6.08 Å². The van der Waals surface area contributed by atoms with Gasteiger partial charge >= 0.3 is 0 Å². The van der Waals surface area contributed by atoms with E-state index in [-0.39, 0.29) is 12.7 Å². The predicted molar refractivity (Wildman–Crippen MR) is 41.8 cm³/mol. The molecule has 0 saturated heterocycles. The normalized spacial score (nSPS) is 14.3. The predicted octanol–water partition coefficient (Wildman–Crippen LogP) is 1.09. The number of aliphatic hydroxyl groups excluding tert-OH is 2. The van der Waals surface area contributed by atoms with Crippen molar-refractivity contribution in [3.63, 3.8) is 0 Å². The van der Waals surface area contributed by atoms with Crippen LogP contribution in [0.25, 0.3) is 0 Å². The fraction of sp³-hybridized carbons (Fsp3) is 0.750. The highest BCUT2D eigenvalue weighted by Crippen LogP contribution is 1.96. The van der Waals surface area contributed by atoms with Gasteiger partial charge in [0.2, 0.25) is 0 Å². The van der Waals surface area contributed by atoms with Crippen LogP contribution < -0.4 is 0 Å². The molecule has 2 N–H and O–H groups in total. The second kappa shape index (κ2) is 6.78. The first-order valence-electron chi connectivity index (χ1n) is 3.73. The second-order valence-electron chi connectivity index (χ2n) is 2.39. The van der Waals surface area contributed by atoms with Crippen LogP contribution >= 0.6 is 0 Å². The average molecular weight is 144 g/mol. The van der Waals surface area contributed by atoms with Crippen LogP contribution in [0.3, 0.4) is 0 Å². The van der Waals surface area contributed by atoms with Gasteiger partial charge in [0.25, 0.3) is 0 Å². The number of rotatable bonds is 5. The molecule has 0 spiro atoms. The molecule has 0 amide bonds. The molecule has 0 aliphatic carbocycles. The van der Waals surface area contributed by atoms with Gasteiger partial charge in [0.15, 0.2) is 0 Å². The molecule has 10 heavy (non-hydrogen) atoms. The van der Waals surface area contributed by atoms with Crippen LogP contribution in [0.2, 0.25) is 0 Å². The quantitative estimate of drug-likeness (QED) is 0.448. The largest absolute Gasteiger partial charge is 0.396 e. The maximum atomic E-state index is 8.77. The highest BCUT2D eigenvalue weighted by atomic mass is 16.3. The monoisotopic (exact) mass is 144 g/mol. The Morgan fingerprint density at radius 3 is 2.60 bits per heavy atom. The summed E-state index contributed by atoms with van der Waals surface area (Å²) in [5.74, 6) is 0. The smallest absolute Gasteiger partial charge is 0.0692 e. The van der Waals surface area contributed by atoms with Crippen molar-refractivity contribution in [3.05, 3.63) is 12.2 Å². The Hall–Kier alpha value is -0.340. The summed E-state index contributed by atoms with van der Waals surface area (Å²) in [6.07, 6.45) is 6.17. The average Bonchev–Trinajstić information content (AvgIpc) is 1.87.